The zero-order valence-corrected chi connectivity index (χ0v) is 14.3. The highest BCUT2D eigenvalue weighted by atomic mass is 16.5. The van der Waals surface area contributed by atoms with Gasteiger partial charge in [0.15, 0.2) is 0 Å². The molecule has 2 saturated heterocycles. The van der Waals surface area contributed by atoms with Crippen molar-refractivity contribution < 1.29 is 9.53 Å². The molecule has 1 spiro atoms. The monoisotopic (exact) mass is 316 g/mol. The number of carbonyl (C=O) groups is 1. The molecule has 2 heterocycles. The fraction of sp³-hybridized carbons (Fsp3) is 0.632. The molecule has 4 nitrogen and oxygen atoms in total. The van der Waals surface area contributed by atoms with Crippen molar-refractivity contribution in [1.29, 1.82) is 0 Å². The van der Waals surface area contributed by atoms with E-state index in [2.05, 4.69) is 30.9 Å². The highest BCUT2D eigenvalue weighted by molar-refractivity contribution is 5.79. The Bertz CT molecular complexity index is 533. The molecule has 0 aromatic heterocycles. The largest absolute Gasteiger partial charge is 0.379 e. The van der Waals surface area contributed by atoms with E-state index in [0.29, 0.717) is 25.6 Å². The molecular formula is C19H28N2O2. The summed E-state index contributed by atoms with van der Waals surface area (Å²) in [4.78, 5) is 17.1. The minimum Gasteiger partial charge on any atom is -0.379 e. The van der Waals surface area contributed by atoms with E-state index in [4.69, 9.17) is 4.74 Å². The van der Waals surface area contributed by atoms with Gasteiger partial charge >= 0.3 is 0 Å². The molecule has 4 heteroatoms. The van der Waals surface area contributed by atoms with Crippen molar-refractivity contribution in [2.45, 2.75) is 39.3 Å². The third-order valence-corrected chi connectivity index (χ3v) is 5.31. The molecule has 2 atom stereocenters. The highest BCUT2D eigenvalue weighted by Crippen LogP contribution is 2.35. The highest BCUT2D eigenvalue weighted by Gasteiger charge is 2.45. The number of amides is 1. The average molecular weight is 316 g/mol. The number of likely N-dealkylation sites (tertiary alicyclic amines) is 1. The van der Waals surface area contributed by atoms with Gasteiger partial charge in [-0.2, -0.15) is 0 Å². The van der Waals surface area contributed by atoms with Crippen LogP contribution in [0.1, 0.15) is 32.3 Å². The van der Waals surface area contributed by atoms with Crippen molar-refractivity contribution in [2.24, 2.45) is 5.41 Å². The van der Waals surface area contributed by atoms with Crippen LogP contribution in [0, 0.1) is 5.41 Å². The van der Waals surface area contributed by atoms with Gasteiger partial charge in [-0.15, -0.1) is 0 Å². The summed E-state index contributed by atoms with van der Waals surface area (Å²) in [5.41, 5.74) is 1.16. The fourth-order valence-corrected chi connectivity index (χ4v) is 3.79. The summed E-state index contributed by atoms with van der Waals surface area (Å²) in [6.07, 6.45) is 1.75. The summed E-state index contributed by atoms with van der Waals surface area (Å²) < 4.78 is 5.88. The van der Waals surface area contributed by atoms with E-state index in [1.807, 2.05) is 23.1 Å². The quantitative estimate of drug-likeness (QED) is 0.856. The summed E-state index contributed by atoms with van der Waals surface area (Å²) in [6, 6.07) is 10.8. The summed E-state index contributed by atoms with van der Waals surface area (Å²) in [5, 5.41) is 0. The molecule has 2 aliphatic heterocycles. The fourth-order valence-electron chi connectivity index (χ4n) is 3.79. The smallest absolute Gasteiger partial charge is 0.223 e. The second-order valence-corrected chi connectivity index (χ2v) is 7.19. The van der Waals surface area contributed by atoms with Crippen LogP contribution in [-0.4, -0.2) is 54.6 Å². The van der Waals surface area contributed by atoms with Crippen molar-refractivity contribution in [3.05, 3.63) is 35.9 Å². The maximum absolute atomic E-state index is 12.6. The molecule has 2 fully saturated rings. The number of carbonyl (C=O) groups excluding carboxylic acids is 1. The lowest BCUT2D eigenvalue weighted by Crippen LogP contribution is -2.44. The predicted octanol–water partition coefficient (Wildman–Crippen LogP) is 2.54. The summed E-state index contributed by atoms with van der Waals surface area (Å²) >= 11 is 0. The summed E-state index contributed by atoms with van der Waals surface area (Å²) in [7, 11) is 0. The van der Waals surface area contributed by atoms with Crippen LogP contribution in [0.5, 0.6) is 0 Å². The van der Waals surface area contributed by atoms with Crippen LogP contribution in [0.3, 0.4) is 0 Å². The molecule has 126 valence electrons. The van der Waals surface area contributed by atoms with Gasteiger partial charge in [-0.25, -0.2) is 0 Å². The maximum Gasteiger partial charge on any atom is 0.223 e. The Kier molecular flexibility index (Phi) is 5.02. The molecule has 1 aromatic rings. The number of benzene rings is 1. The van der Waals surface area contributed by atoms with E-state index in [-0.39, 0.29) is 11.3 Å². The molecule has 0 unspecified atom stereocenters. The van der Waals surface area contributed by atoms with Gasteiger partial charge in [0.05, 0.1) is 13.2 Å². The van der Waals surface area contributed by atoms with Gasteiger partial charge in [-0.1, -0.05) is 37.3 Å². The maximum atomic E-state index is 12.6. The standard InChI is InChI=1S/C19H28N2O2/c1-3-16(2)20-9-10-23-15-19(13-20)11-18(22)21(14-19)12-17-7-5-4-6-8-17/h4-8,16H,3,9-15H2,1-2H3/t16-,19-/m1/s1. The lowest BCUT2D eigenvalue weighted by molar-refractivity contribution is -0.128. The molecule has 0 N–H and O–H groups in total. The Balaban J connectivity index is 1.71. The Labute approximate surface area is 139 Å². The van der Waals surface area contributed by atoms with Gasteiger partial charge in [0.2, 0.25) is 5.91 Å². The molecule has 1 amide bonds. The molecule has 0 bridgehead atoms. The Morgan fingerprint density at radius 1 is 1.26 bits per heavy atom. The van der Waals surface area contributed by atoms with Crippen LogP contribution >= 0.6 is 0 Å². The van der Waals surface area contributed by atoms with Gasteiger partial charge in [-0.05, 0) is 18.9 Å². The topological polar surface area (TPSA) is 32.8 Å². The number of hydrogen-bond acceptors (Lipinski definition) is 3. The van der Waals surface area contributed by atoms with Crippen molar-refractivity contribution in [1.82, 2.24) is 9.80 Å². The first-order chi connectivity index (χ1) is 11.1. The number of rotatable bonds is 4. The molecule has 0 aliphatic carbocycles. The van der Waals surface area contributed by atoms with Crippen LogP contribution < -0.4 is 0 Å². The molecule has 2 aliphatic rings. The second kappa shape index (κ2) is 7.02. The van der Waals surface area contributed by atoms with Gasteiger partial charge in [0.25, 0.3) is 0 Å². The average Bonchev–Trinajstić information content (AvgIpc) is 2.73. The lowest BCUT2D eigenvalue weighted by Gasteiger charge is -2.34. The van der Waals surface area contributed by atoms with E-state index in [0.717, 1.165) is 32.7 Å². The van der Waals surface area contributed by atoms with E-state index < -0.39 is 0 Å². The molecule has 3 rings (SSSR count). The Hall–Kier alpha value is -1.39. The van der Waals surface area contributed by atoms with Gasteiger partial charge in [0, 0.05) is 44.1 Å². The van der Waals surface area contributed by atoms with E-state index in [9.17, 15) is 4.79 Å². The Morgan fingerprint density at radius 2 is 2.04 bits per heavy atom. The summed E-state index contributed by atoms with van der Waals surface area (Å²) in [6.45, 7) is 9.46. The molecule has 0 saturated carbocycles. The van der Waals surface area contributed by atoms with Crippen molar-refractivity contribution in [3.8, 4) is 0 Å². The zero-order chi connectivity index (χ0) is 16.3. The van der Waals surface area contributed by atoms with Crippen LogP contribution in [0.4, 0.5) is 0 Å². The second-order valence-electron chi connectivity index (χ2n) is 7.19. The van der Waals surface area contributed by atoms with Crippen LogP contribution in [-0.2, 0) is 16.1 Å². The van der Waals surface area contributed by atoms with Gasteiger partial charge in [-0.3, -0.25) is 9.69 Å². The van der Waals surface area contributed by atoms with Crippen LogP contribution in [0.25, 0.3) is 0 Å². The molecule has 1 aromatic carbocycles. The molecule has 0 radical (unpaired) electrons. The van der Waals surface area contributed by atoms with Gasteiger partial charge < -0.3 is 9.64 Å². The number of ether oxygens (including phenoxy) is 1. The van der Waals surface area contributed by atoms with Crippen molar-refractivity contribution >= 4 is 5.91 Å². The van der Waals surface area contributed by atoms with Crippen molar-refractivity contribution in [2.75, 3.05) is 32.8 Å². The summed E-state index contributed by atoms with van der Waals surface area (Å²) in [5.74, 6) is 0.267. The third kappa shape index (κ3) is 3.75. The Morgan fingerprint density at radius 3 is 2.78 bits per heavy atom. The first kappa shape index (κ1) is 16.5. The predicted molar refractivity (Wildman–Crippen MR) is 91.1 cm³/mol. The SMILES string of the molecule is CC[C@@H](C)N1CCOC[C@]2(CC(=O)N(Cc3ccccc3)C2)C1. The lowest BCUT2D eigenvalue weighted by atomic mass is 9.87. The molecular weight excluding hydrogens is 288 g/mol. The van der Waals surface area contributed by atoms with E-state index in [1.54, 1.807) is 0 Å². The third-order valence-electron chi connectivity index (χ3n) is 5.31. The van der Waals surface area contributed by atoms with Gasteiger partial charge in [0.1, 0.15) is 0 Å². The van der Waals surface area contributed by atoms with Crippen molar-refractivity contribution in [3.63, 3.8) is 0 Å². The van der Waals surface area contributed by atoms with E-state index in [1.165, 1.54) is 5.56 Å². The minimum absolute atomic E-state index is 0.0359. The van der Waals surface area contributed by atoms with E-state index >= 15 is 0 Å². The first-order valence-corrected chi connectivity index (χ1v) is 8.75. The normalized spacial score (nSPS) is 27.4. The first-order valence-electron chi connectivity index (χ1n) is 8.75. The zero-order valence-electron chi connectivity index (χ0n) is 14.3. The minimum atomic E-state index is -0.0359. The number of hydrogen-bond donors (Lipinski definition) is 0. The number of nitrogens with zero attached hydrogens (tertiary/aromatic N) is 2. The molecule has 23 heavy (non-hydrogen) atoms. The van der Waals surface area contributed by atoms with Crippen LogP contribution in [0.15, 0.2) is 30.3 Å². The van der Waals surface area contributed by atoms with Crippen LogP contribution in [0.2, 0.25) is 0 Å².